The Labute approximate surface area is 185 Å². The van der Waals surface area contributed by atoms with E-state index in [9.17, 15) is 26.4 Å². The molecule has 3 atom stereocenters. The number of carbonyl (C=O) groups is 1. The van der Waals surface area contributed by atoms with E-state index in [1.807, 2.05) is 0 Å². The maximum Gasteiger partial charge on any atom is 0.239 e. The first-order valence-electron chi connectivity index (χ1n) is 10.9. The fourth-order valence-electron chi connectivity index (χ4n) is 5.26. The van der Waals surface area contributed by atoms with Crippen molar-refractivity contribution < 1.29 is 31.1 Å². The molecule has 11 heteroatoms. The van der Waals surface area contributed by atoms with Crippen LogP contribution in [0.25, 0.3) is 0 Å². The van der Waals surface area contributed by atoms with Gasteiger partial charge >= 0.3 is 0 Å². The molecule has 0 aromatic heterocycles. The number of morpholine rings is 1. The van der Waals surface area contributed by atoms with Crippen molar-refractivity contribution in [3.8, 4) is 0 Å². The molecule has 3 heterocycles. The van der Waals surface area contributed by atoms with Gasteiger partial charge in [-0.2, -0.15) is 4.31 Å². The first-order valence-corrected chi connectivity index (χ1v) is 12.5. The van der Waals surface area contributed by atoms with Gasteiger partial charge in [0.05, 0.1) is 13.2 Å². The van der Waals surface area contributed by atoms with Crippen LogP contribution in [-0.4, -0.2) is 73.7 Å². The van der Waals surface area contributed by atoms with Gasteiger partial charge in [0.2, 0.25) is 15.9 Å². The Morgan fingerprint density at radius 1 is 1.06 bits per heavy atom. The van der Waals surface area contributed by atoms with Crippen molar-refractivity contribution in [2.24, 2.45) is 11.7 Å². The molecule has 1 aromatic rings. The number of rotatable bonds is 6. The van der Waals surface area contributed by atoms with Gasteiger partial charge in [-0.15, -0.1) is 0 Å². The van der Waals surface area contributed by atoms with E-state index in [2.05, 4.69) is 0 Å². The van der Waals surface area contributed by atoms with Crippen LogP contribution in [0.4, 0.5) is 13.2 Å². The normalized spacial score (nSPS) is 27.5. The molecular formula is C21H28F3N3O4S. The maximum absolute atomic E-state index is 14.0. The predicted molar refractivity (Wildman–Crippen MR) is 111 cm³/mol. The summed E-state index contributed by atoms with van der Waals surface area (Å²) >= 11 is 0. The van der Waals surface area contributed by atoms with E-state index in [1.54, 1.807) is 4.90 Å². The summed E-state index contributed by atoms with van der Waals surface area (Å²) in [6.45, 7) is 1.14. The molecule has 0 saturated carbocycles. The highest BCUT2D eigenvalue weighted by Gasteiger charge is 2.45. The molecule has 2 unspecified atom stereocenters. The summed E-state index contributed by atoms with van der Waals surface area (Å²) in [6, 6.07) is 0.650. The van der Waals surface area contributed by atoms with Crippen molar-refractivity contribution in [2.45, 2.75) is 50.2 Å². The number of sulfonamides is 1. The standard InChI is InChI=1S/C21H28F3N3O4S/c22-17-11-19(24)18(23)9-13(17)10-20(25)14-7-15-1-2-16(8-14)27(15)21(28)12-32(29,30)26-3-5-31-6-4-26/h9,11,14-16,20H,1-8,10,12,25H2/t14?,15?,16?,20-/m1/s1. The molecule has 3 saturated heterocycles. The van der Waals surface area contributed by atoms with Crippen molar-refractivity contribution in [2.75, 3.05) is 32.1 Å². The number of benzene rings is 1. The molecule has 2 bridgehead atoms. The van der Waals surface area contributed by atoms with Crippen molar-refractivity contribution in [1.29, 1.82) is 0 Å². The van der Waals surface area contributed by atoms with Gasteiger partial charge in [0, 0.05) is 37.3 Å². The Kier molecular flexibility index (Phi) is 6.81. The highest BCUT2D eigenvalue weighted by molar-refractivity contribution is 7.89. The number of nitrogens with two attached hydrogens (primary N) is 1. The van der Waals surface area contributed by atoms with Gasteiger partial charge in [0.15, 0.2) is 11.6 Å². The first-order chi connectivity index (χ1) is 15.2. The van der Waals surface area contributed by atoms with Gasteiger partial charge in [-0.1, -0.05) is 0 Å². The topological polar surface area (TPSA) is 92.9 Å². The molecule has 178 valence electrons. The molecule has 1 amide bonds. The summed E-state index contributed by atoms with van der Waals surface area (Å²) in [5.74, 6) is -4.17. The number of piperidine rings is 1. The number of ether oxygens (including phenoxy) is 1. The van der Waals surface area contributed by atoms with Crippen LogP contribution in [0.1, 0.15) is 31.2 Å². The van der Waals surface area contributed by atoms with Gasteiger partial charge in [-0.25, -0.2) is 21.6 Å². The maximum atomic E-state index is 14.0. The second-order valence-electron chi connectivity index (χ2n) is 8.91. The molecule has 2 N–H and O–H groups in total. The van der Waals surface area contributed by atoms with Gasteiger partial charge in [-0.05, 0) is 49.7 Å². The first kappa shape index (κ1) is 23.5. The number of hydrogen-bond acceptors (Lipinski definition) is 5. The molecular weight excluding hydrogens is 447 g/mol. The van der Waals surface area contributed by atoms with Crippen LogP contribution in [0, 0.1) is 23.4 Å². The predicted octanol–water partition coefficient (Wildman–Crippen LogP) is 1.41. The molecule has 1 aromatic carbocycles. The minimum Gasteiger partial charge on any atom is -0.379 e. The zero-order valence-electron chi connectivity index (χ0n) is 17.7. The summed E-state index contributed by atoms with van der Waals surface area (Å²) in [5, 5.41) is 0. The summed E-state index contributed by atoms with van der Waals surface area (Å²) in [5.41, 5.74) is 6.34. The smallest absolute Gasteiger partial charge is 0.239 e. The minimum absolute atomic E-state index is 0.0267. The van der Waals surface area contributed by atoms with E-state index < -0.39 is 45.2 Å². The zero-order chi connectivity index (χ0) is 23.0. The van der Waals surface area contributed by atoms with Gasteiger partial charge < -0.3 is 15.4 Å². The molecule has 0 radical (unpaired) electrons. The number of fused-ring (bicyclic) bond motifs is 2. The summed E-state index contributed by atoms with van der Waals surface area (Å²) < 4.78 is 72.5. The lowest BCUT2D eigenvalue weighted by molar-refractivity contribution is -0.133. The second kappa shape index (κ2) is 9.28. The minimum atomic E-state index is -3.70. The Bertz CT molecular complexity index is 957. The Hall–Kier alpha value is -1.69. The van der Waals surface area contributed by atoms with Crippen LogP contribution in [-0.2, 0) is 26.0 Å². The molecule has 3 aliphatic heterocycles. The molecule has 0 aliphatic carbocycles. The van der Waals surface area contributed by atoms with E-state index in [0.29, 0.717) is 32.1 Å². The third-order valence-electron chi connectivity index (χ3n) is 6.88. The lowest BCUT2D eigenvalue weighted by Gasteiger charge is -2.41. The number of amides is 1. The van der Waals surface area contributed by atoms with Gasteiger partial charge in [0.1, 0.15) is 11.6 Å². The van der Waals surface area contributed by atoms with Gasteiger partial charge in [-0.3, -0.25) is 4.79 Å². The molecule has 3 fully saturated rings. The van der Waals surface area contributed by atoms with E-state index in [1.165, 1.54) is 4.31 Å². The van der Waals surface area contributed by atoms with Crippen molar-refractivity contribution in [3.05, 3.63) is 35.1 Å². The largest absolute Gasteiger partial charge is 0.379 e. The van der Waals surface area contributed by atoms with Crippen molar-refractivity contribution in [3.63, 3.8) is 0 Å². The van der Waals surface area contributed by atoms with Crippen molar-refractivity contribution in [1.82, 2.24) is 9.21 Å². The van der Waals surface area contributed by atoms with E-state index >= 15 is 0 Å². The fourth-order valence-corrected chi connectivity index (χ4v) is 6.61. The molecule has 0 spiro atoms. The van der Waals surface area contributed by atoms with E-state index in [4.69, 9.17) is 10.5 Å². The number of nitrogens with zero attached hydrogens (tertiary/aromatic N) is 2. The second-order valence-corrected chi connectivity index (χ2v) is 10.9. The number of halogens is 3. The van der Waals surface area contributed by atoms with Crippen molar-refractivity contribution >= 4 is 15.9 Å². The lowest BCUT2D eigenvalue weighted by atomic mass is 9.82. The fraction of sp³-hybridized carbons (Fsp3) is 0.667. The van der Waals surface area contributed by atoms with E-state index in [0.717, 1.165) is 18.9 Å². The Morgan fingerprint density at radius 2 is 1.66 bits per heavy atom. The monoisotopic (exact) mass is 475 g/mol. The quantitative estimate of drug-likeness (QED) is 0.628. The summed E-state index contributed by atoms with van der Waals surface area (Å²) in [7, 11) is -3.70. The molecule has 32 heavy (non-hydrogen) atoms. The number of hydrogen-bond donors (Lipinski definition) is 1. The van der Waals surface area contributed by atoms with Crippen LogP contribution in [0.2, 0.25) is 0 Å². The summed E-state index contributed by atoms with van der Waals surface area (Å²) in [4.78, 5) is 14.6. The molecule has 3 aliphatic rings. The van der Waals surface area contributed by atoms with Crippen LogP contribution in [0.3, 0.4) is 0 Å². The highest BCUT2D eigenvalue weighted by atomic mass is 32.2. The Balaban J connectivity index is 1.39. The van der Waals surface area contributed by atoms with Gasteiger partial charge in [0.25, 0.3) is 0 Å². The lowest BCUT2D eigenvalue weighted by Crippen LogP contribution is -2.53. The summed E-state index contributed by atoms with van der Waals surface area (Å²) in [6.07, 6.45) is 2.73. The molecule has 7 nitrogen and oxygen atoms in total. The number of carbonyl (C=O) groups excluding carboxylic acids is 1. The SMILES string of the molecule is N[C@H](Cc1cc(F)c(F)cc1F)C1CC2CCC(C1)N2C(=O)CS(=O)(=O)N1CCOCC1. The van der Waals surface area contributed by atoms with E-state index in [-0.39, 0.29) is 43.1 Å². The van der Waals surface area contributed by atoms with Crippen LogP contribution in [0.5, 0.6) is 0 Å². The Morgan fingerprint density at radius 3 is 2.28 bits per heavy atom. The highest BCUT2D eigenvalue weighted by Crippen LogP contribution is 2.40. The third-order valence-corrected chi connectivity index (χ3v) is 8.64. The van der Waals surface area contributed by atoms with Crippen LogP contribution < -0.4 is 5.73 Å². The average molecular weight is 476 g/mol. The molecule has 4 rings (SSSR count). The third kappa shape index (κ3) is 4.80. The van der Waals surface area contributed by atoms with Crippen LogP contribution in [0.15, 0.2) is 12.1 Å². The zero-order valence-corrected chi connectivity index (χ0v) is 18.5. The average Bonchev–Trinajstić information content (AvgIpc) is 3.02. The van der Waals surface area contributed by atoms with Crippen LogP contribution >= 0.6 is 0 Å².